The van der Waals surface area contributed by atoms with Gasteiger partial charge < -0.3 is 19.5 Å². The predicted molar refractivity (Wildman–Crippen MR) is 100 cm³/mol. The van der Waals surface area contributed by atoms with E-state index in [0.717, 1.165) is 0 Å². The minimum atomic E-state index is -0.161. The molecule has 0 aliphatic heterocycles. The molecule has 0 heterocycles. The van der Waals surface area contributed by atoms with Crippen LogP contribution in [0.3, 0.4) is 0 Å². The fourth-order valence-corrected chi connectivity index (χ4v) is 3.26. The van der Waals surface area contributed by atoms with Gasteiger partial charge in [0.1, 0.15) is 17.5 Å². The van der Waals surface area contributed by atoms with Crippen LogP contribution in [-0.2, 0) is 19.0 Å². The molecule has 0 aliphatic carbocycles. The van der Waals surface area contributed by atoms with Crippen LogP contribution in [0.1, 0.15) is 36.0 Å². The lowest BCUT2D eigenvalue weighted by Gasteiger charge is -2.15. The molecule has 0 rings (SSSR count). The summed E-state index contributed by atoms with van der Waals surface area (Å²) in [5, 5.41) is 2.68. The molecule has 2 unspecified atom stereocenters. The minimum Gasteiger partial charge on any atom is -0.369 e. The summed E-state index contributed by atoms with van der Waals surface area (Å²) in [4.78, 5) is 11.5. The van der Waals surface area contributed by atoms with Crippen LogP contribution in [0.25, 0.3) is 0 Å². The zero-order valence-electron chi connectivity index (χ0n) is 14.7. The standard InChI is InChI=1S/C16H29NO4S2.H2/c1-6-20-14(4)22-23-15(5)21-11-10-19-12-16(18)17-9-7-8-13(2)3;/h13-15H,6,9-12H2,1-5H3,(H,17,18);1H. The second kappa shape index (κ2) is 15.2. The van der Waals surface area contributed by atoms with Gasteiger partial charge in [-0.3, -0.25) is 4.79 Å². The quantitative estimate of drug-likeness (QED) is 0.248. The van der Waals surface area contributed by atoms with E-state index < -0.39 is 0 Å². The molecule has 1 N–H and O–H groups in total. The fourth-order valence-electron chi connectivity index (χ4n) is 1.33. The first kappa shape index (κ1) is 22.6. The number of hydrogen-bond acceptors (Lipinski definition) is 6. The van der Waals surface area contributed by atoms with Crippen LogP contribution in [0.4, 0.5) is 0 Å². The summed E-state index contributed by atoms with van der Waals surface area (Å²) in [5.41, 5.74) is 0.196. The van der Waals surface area contributed by atoms with E-state index in [4.69, 9.17) is 14.2 Å². The van der Waals surface area contributed by atoms with Gasteiger partial charge in [0.15, 0.2) is 0 Å². The lowest BCUT2D eigenvalue weighted by molar-refractivity contribution is -0.126. The number of carbonyl (C=O) groups excluding carboxylic acids is 1. The number of rotatable bonds is 12. The van der Waals surface area contributed by atoms with Crippen molar-refractivity contribution in [3.63, 3.8) is 0 Å². The molecule has 0 radical (unpaired) electrons. The zero-order chi connectivity index (χ0) is 17.5. The highest BCUT2D eigenvalue weighted by Crippen LogP contribution is 2.31. The lowest BCUT2D eigenvalue weighted by atomic mass is 10.2. The predicted octanol–water partition coefficient (Wildman–Crippen LogP) is 3.15. The third kappa shape index (κ3) is 16.3. The average Bonchev–Trinajstić information content (AvgIpc) is 2.49. The number of carbonyl (C=O) groups is 1. The molecule has 0 fully saturated rings. The number of hydrogen-bond donors (Lipinski definition) is 1. The molecule has 0 aromatic rings. The summed E-state index contributed by atoms with van der Waals surface area (Å²) in [6.45, 7) is 11.9. The highest BCUT2D eigenvalue weighted by molar-refractivity contribution is 8.77. The monoisotopic (exact) mass is 365 g/mol. The second-order valence-corrected chi connectivity index (χ2v) is 7.83. The summed E-state index contributed by atoms with van der Waals surface area (Å²) in [5.74, 6) is 6.02. The molecule has 0 saturated heterocycles. The van der Waals surface area contributed by atoms with Crippen molar-refractivity contribution < 1.29 is 20.4 Å². The molecule has 0 saturated carbocycles. The normalized spacial score (nSPS) is 13.3. The largest absolute Gasteiger partial charge is 0.369 e. The topological polar surface area (TPSA) is 56.8 Å². The van der Waals surface area contributed by atoms with Crippen LogP contribution in [-0.4, -0.2) is 49.8 Å². The Hall–Kier alpha value is -0.390. The lowest BCUT2D eigenvalue weighted by Crippen LogP contribution is -2.28. The van der Waals surface area contributed by atoms with E-state index in [1.807, 2.05) is 34.6 Å². The number of nitrogens with one attached hydrogen (secondary N) is 1. The Morgan fingerprint density at radius 2 is 1.78 bits per heavy atom. The van der Waals surface area contributed by atoms with E-state index in [1.165, 1.54) is 0 Å². The summed E-state index contributed by atoms with van der Waals surface area (Å²) in [7, 11) is 3.27. The van der Waals surface area contributed by atoms with E-state index in [1.54, 1.807) is 21.6 Å². The van der Waals surface area contributed by atoms with Gasteiger partial charge in [0.2, 0.25) is 5.91 Å². The van der Waals surface area contributed by atoms with Crippen LogP contribution in [0.5, 0.6) is 0 Å². The Kier molecular flexibility index (Phi) is 14.9. The third-order valence-electron chi connectivity index (χ3n) is 2.31. The molecule has 0 aromatic carbocycles. The Labute approximate surface area is 149 Å². The van der Waals surface area contributed by atoms with Crippen LogP contribution in [0.15, 0.2) is 0 Å². The summed E-state index contributed by atoms with van der Waals surface area (Å²) < 4.78 is 16.3. The molecule has 5 nitrogen and oxygen atoms in total. The van der Waals surface area contributed by atoms with Gasteiger partial charge in [-0.25, -0.2) is 0 Å². The Morgan fingerprint density at radius 1 is 1.13 bits per heavy atom. The van der Waals surface area contributed by atoms with Crippen molar-refractivity contribution >= 4 is 27.5 Å². The number of ether oxygens (including phenoxy) is 3. The molecule has 0 bridgehead atoms. The maximum Gasteiger partial charge on any atom is 0.246 e. The van der Waals surface area contributed by atoms with Crippen LogP contribution >= 0.6 is 21.6 Å². The van der Waals surface area contributed by atoms with Gasteiger partial charge in [0.05, 0.1) is 19.8 Å². The van der Waals surface area contributed by atoms with Crippen molar-refractivity contribution in [2.24, 2.45) is 5.92 Å². The first-order chi connectivity index (χ1) is 11.0. The van der Waals surface area contributed by atoms with Gasteiger partial charge in [-0.2, -0.15) is 0 Å². The molecule has 2 atom stereocenters. The first-order valence-corrected chi connectivity index (χ1v) is 10.1. The van der Waals surface area contributed by atoms with Gasteiger partial charge in [-0.15, -0.1) is 0 Å². The zero-order valence-corrected chi connectivity index (χ0v) is 16.4. The Morgan fingerprint density at radius 3 is 2.39 bits per heavy atom. The van der Waals surface area contributed by atoms with Crippen molar-refractivity contribution in [3.05, 3.63) is 0 Å². The van der Waals surface area contributed by atoms with Gasteiger partial charge in [0, 0.05) is 14.0 Å². The molecular formula is C16H31NO4S2. The maximum atomic E-state index is 11.5. The smallest absolute Gasteiger partial charge is 0.246 e. The van der Waals surface area contributed by atoms with E-state index in [-0.39, 0.29) is 24.8 Å². The van der Waals surface area contributed by atoms with Gasteiger partial charge in [-0.05, 0) is 20.8 Å². The first-order valence-electron chi connectivity index (χ1n) is 7.83. The highest BCUT2D eigenvalue weighted by Gasteiger charge is 2.08. The minimum absolute atomic E-state index is 0. The molecule has 0 aromatic heterocycles. The van der Waals surface area contributed by atoms with Gasteiger partial charge in [-0.1, -0.05) is 47.3 Å². The van der Waals surface area contributed by atoms with E-state index in [0.29, 0.717) is 32.3 Å². The average molecular weight is 366 g/mol. The maximum absolute atomic E-state index is 11.5. The van der Waals surface area contributed by atoms with Crippen molar-refractivity contribution in [2.45, 2.75) is 45.5 Å². The van der Waals surface area contributed by atoms with Crippen molar-refractivity contribution in [2.75, 3.05) is 33.0 Å². The van der Waals surface area contributed by atoms with Gasteiger partial charge >= 0.3 is 0 Å². The highest BCUT2D eigenvalue weighted by atomic mass is 33.1. The van der Waals surface area contributed by atoms with E-state index >= 15 is 0 Å². The molecule has 0 aliphatic rings. The molecule has 23 heavy (non-hydrogen) atoms. The molecule has 0 spiro atoms. The van der Waals surface area contributed by atoms with Crippen LogP contribution < -0.4 is 5.32 Å². The van der Waals surface area contributed by atoms with E-state index in [2.05, 4.69) is 17.2 Å². The van der Waals surface area contributed by atoms with Crippen LogP contribution in [0, 0.1) is 17.8 Å². The molecule has 7 heteroatoms. The van der Waals surface area contributed by atoms with E-state index in [9.17, 15) is 4.79 Å². The molecular weight excluding hydrogens is 334 g/mol. The third-order valence-corrected chi connectivity index (χ3v) is 5.19. The van der Waals surface area contributed by atoms with Gasteiger partial charge in [0.25, 0.3) is 0 Å². The number of amides is 1. The fraction of sp³-hybridized carbons (Fsp3) is 0.812. The van der Waals surface area contributed by atoms with Crippen molar-refractivity contribution in [3.8, 4) is 11.8 Å². The molecule has 136 valence electrons. The summed E-state index contributed by atoms with van der Waals surface area (Å²) >= 11 is 0. The Bertz CT molecular complexity index is 375. The molecule has 1 amide bonds. The van der Waals surface area contributed by atoms with Crippen LogP contribution in [0.2, 0.25) is 0 Å². The Balaban J connectivity index is 0. The van der Waals surface area contributed by atoms with Crippen molar-refractivity contribution in [1.29, 1.82) is 0 Å². The summed E-state index contributed by atoms with van der Waals surface area (Å²) in [6, 6.07) is 0. The van der Waals surface area contributed by atoms with Crippen molar-refractivity contribution in [1.82, 2.24) is 5.32 Å². The summed E-state index contributed by atoms with van der Waals surface area (Å²) in [6.07, 6.45) is 0. The second-order valence-electron chi connectivity index (χ2n) is 4.96. The SMILES string of the molecule is CCOC(C)SSC(C)OCCOCC(=O)NCC#CC(C)C.[HH].